The summed E-state index contributed by atoms with van der Waals surface area (Å²) in [7, 11) is 0. The van der Waals surface area contributed by atoms with Crippen LogP contribution in [0.1, 0.15) is 25.7 Å². The number of para-hydroxylation sites is 2. The van der Waals surface area contributed by atoms with Gasteiger partial charge in [-0.15, -0.1) is 0 Å². The summed E-state index contributed by atoms with van der Waals surface area (Å²) in [5, 5.41) is 1.25. The molecular formula is C26H24ClFN2O2. The predicted molar refractivity (Wildman–Crippen MR) is 127 cm³/mol. The second kappa shape index (κ2) is 10.4. The van der Waals surface area contributed by atoms with Crippen LogP contribution in [0, 0.1) is 5.82 Å². The molecular weight excluding hydrogens is 427 g/mol. The van der Waals surface area contributed by atoms with Crippen LogP contribution in [0.4, 0.5) is 4.39 Å². The molecule has 0 fully saturated rings. The van der Waals surface area contributed by atoms with Crippen molar-refractivity contribution < 1.29 is 9.13 Å². The maximum Gasteiger partial charge on any atom is 0.261 e. The van der Waals surface area contributed by atoms with Gasteiger partial charge in [0.05, 0.1) is 17.5 Å². The number of ether oxygens (including phenoxy) is 1. The topological polar surface area (TPSA) is 44.1 Å². The molecule has 0 atom stereocenters. The molecule has 0 aliphatic heterocycles. The maximum atomic E-state index is 13.6. The first kappa shape index (κ1) is 22.0. The van der Waals surface area contributed by atoms with Crippen LogP contribution < -0.4 is 10.3 Å². The molecule has 4 nitrogen and oxygen atoms in total. The van der Waals surface area contributed by atoms with E-state index in [4.69, 9.17) is 21.3 Å². The fourth-order valence-corrected chi connectivity index (χ4v) is 3.79. The molecule has 4 aromatic rings. The molecule has 6 heteroatoms. The van der Waals surface area contributed by atoms with Crippen molar-refractivity contribution in [2.45, 2.75) is 32.2 Å². The monoisotopic (exact) mass is 450 g/mol. The summed E-state index contributed by atoms with van der Waals surface area (Å²) in [4.78, 5) is 18.0. The number of halogens is 2. The Kier molecular flexibility index (Phi) is 7.17. The standard InChI is InChI=1S/C26H24ClFN2O2/c27-20-15-13-19(14-16-20)25-29-23-11-5-3-9-21(23)26(31)30(25)17-7-1-2-8-18-32-24-12-6-4-10-22(24)28/h3-6,9-16H,1-2,7-8,17-18H2. The maximum absolute atomic E-state index is 13.6. The van der Waals surface area contributed by atoms with Crippen molar-refractivity contribution in [3.63, 3.8) is 0 Å². The Bertz CT molecular complexity index is 1250. The van der Waals surface area contributed by atoms with Gasteiger partial charge in [-0.05, 0) is 61.4 Å². The van der Waals surface area contributed by atoms with E-state index in [9.17, 15) is 9.18 Å². The SMILES string of the molecule is O=c1c2ccccc2nc(-c2ccc(Cl)cc2)n1CCCCCCOc1ccccc1F. The third kappa shape index (κ3) is 5.17. The lowest BCUT2D eigenvalue weighted by molar-refractivity contribution is 0.289. The molecule has 0 bridgehead atoms. The van der Waals surface area contributed by atoms with E-state index in [0.717, 1.165) is 31.2 Å². The number of rotatable bonds is 9. The molecule has 0 spiro atoms. The fraction of sp³-hybridized carbons (Fsp3) is 0.231. The van der Waals surface area contributed by atoms with Gasteiger partial charge in [0.15, 0.2) is 11.6 Å². The minimum absolute atomic E-state index is 0.0385. The van der Waals surface area contributed by atoms with Crippen LogP contribution in [0.25, 0.3) is 22.3 Å². The molecule has 0 saturated heterocycles. The van der Waals surface area contributed by atoms with Gasteiger partial charge in [0.25, 0.3) is 5.56 Å². The largest absolute Gasteiger partial charge is 0.491 e. The van der Waals surface area contributed by atoms with Gasteiger partial charge >= 0.3 is 0 Å². The van der Waals surface area contributed by atoms with Gasteiger partial charge in [-0.2, -0.15) is 0 Å². The molecule has 0 aliphatic rings. The van der Waals surface area contributed by atoms with Gasteiger partial charge in [0.2, 0.25) is 0 Å². The summed E-state index contributed by atoms with van der Waals surface area (Å²) in [6, 6.07) is 21.2. The summed E-state index contributed by atoms with van der Waals surface area (Å²) in [5.74, 6) is 0.590. The second-order valence-electron chi connectivity index (χ2n) is 7.61. The molecule has 0 unspecified atom stereocenters. The van der Waals surface area contributed by atoms with Crippen molar-refractivity contribution in [2.24, 2.45) is 0 Å². The van der Waals surface area contributed by atoms with Crippen molar-refractivity contribution in [2.75, 3.05) is 6.61 Å². The molecule has 32 heavy (non-hydrogen) atoms. The normalized spacial score (nSPS) is 11.1. The molecule has 3 aromatic carbocycles. The zero-order chi connectivity index (χ0) is 22.3. The van der Waals surface area contributed by atoms with Gasteiger partial charge in [0.1, 0.15) is 5.82 Å². The minimum Gasteiger partial charge on any atom is -0.491 e. The van der Waals surface area contributed by atoms with E-state index < -0.39 is 0 Å². The number of hydrogen-bond acceptors (Lipinski definition) is 3. The average Bonchev–Trinajstić information content (AvgIpc) is 2.81. The zero-order valence-corrected chi connectivity index (χ0v) is 18.4. The van der Waals surface area contributed by atoms with Gasteiger partial charge in [-0.1, -0.05) is 48.7 Å². The average molecular weight is 451 g/mol. The predicted octanol–water partition coefficient (Wildman–Crippen LogP) is 6.50. The van der Waals surface area contributed by atoms with Crippen LogP contribution in [-0.4, -0.2) is 16.2 Å². The summed E-state index contributed by atoms with van der Waals surface area (Å²) in [6.07, 6.45) is 3.52. The summed E-state index contributed by atoms with van der Waals surface area (Å²) in [5.41, 5.74) is 1.50. The Morgan fingerprint density at radius 3 is 2.41 bits per heavy atom. The van der Waals surface area contributed by atoms with Crippen molar-refractivity contribution in [3.05, 3.63) is 94.0 Å². The summed E-state index contributed by atoms with van der Waals surface area (Å²) < 4.78 is 20.8. The highest BCUT2D eigenvalue weighted by atomic mass is 35.5. The van der Waals surface area contributed by atoms with E-state index in [1.807, 2.05) is 36.4 Å². The fourth-order valence-electron chi connectivity index (χ4n) is 3.66. The van der Waals surface area contributed by atoms with Crippen LogP contribution in [-0.2, 0) is 6.54 Å². The van der Waals surface area contributed by atoms with E-state index in [1.165, 1.54) is 6.07 Å². The van der Waals surface area contributed by atoms with Crippen molar-refractivity contribution in [1.82, 2.24) is 9.55 Å². The molecule has 0 amide bonds. The van der Waals surface area contributed by atoms with Gasteiger partial charge in [0, 0.05) is 17.1 Å². The first-order valence-corrected chi connectivity index (χ1v) is 11.1. The number of unbranched alkanes of at least 4 members (excludes halogenated alkanes) is 3. The lowest BCUT2D eigenvalue weighted by Crippen LogP contribution is -2.23. The highest BCUT2D eigenvalue weighted by molar-refractivity contribution is 6.30. The van der Waals surface area contributed by atoms with Gasteiger partial charge < -0.3 is 4.74 Å². The minimum atomic E-state index is -0.342. The first-order valence-electron chi connectivity index (χ1n) is 10.8. The number of nitrogens with zero attached hydrogens (tertiary/aromatic N) is 2. The van der Waals surface area contributed by atoms with Crippen LogP contribution in [0.5, 0.6) is 5.75 Å². The van der Waals surface area contributed by atoms with Crippen LogP contribution in [0.15, 0.2) is 77.6 Å². The van der Waals surface area contributed by atoms with Crippen LogP contribution >= 0.6 is 11.6 Å². The third-order valence-electron chi connectivity index (χ3n) is 5.33. The number of benzene rings is 3. The van der Waals surface area contributed by atoms with Crippen molar-refractivity contribution in [1.29, 1.82) is 0 Å². The number of aromatic nitrogens is 2. The zero-order valence-electron chi connectivity index (χ0n) is 17.6. The highest BCUT2D eigenvalue weighted by Crippen LogP contribution is 2.22. The molecule has 0 aliphatic carbocycles. The van der Waals surface area contributed by atoms with E-state index in [2.05, 4.69) is 0 Å². The lowest BCUT2D eigenvalue weighted by Gasteiger charge is -2.14. The Morgan fingerprint density at radius 2 is 1.59 bits per heavy atom. The quantitative estimate of drug-likeness (QED) is 0.273. The Labute approximate surface area is 191 Å². The summed E-state index contributed by atoms with van der Waals surface area (Å²) >= 11 is 6.04. The first-order chi connectivity index (χ1) is 15.6. The van der Waals surface area contributed by atoms with Crippen LogP contribution in [0.3, 0.4) is 0 Å². The summed E-state index contributed by atoms with van der Waals surface area (Å²) in [6.45, 7) is 1.04. The Hall–Kier alpha value is -3.18. The molecule has 4 rings (SSSR count). The molecule has 164 valence electrons. The molecule has 0 radical (unpaired) electrons. The van der Waals surface area contributed by atoms with Gasteiger partial charge in [-0.25, -0.2) is 9.37 Å². The molecule has 0 N–H and O–H groups in total. The Morgan fingerprint density at radius 1 is 0.875 bits per heavy atom. The number of fused-ring (bicyclic) bond motifs is 1. The van der Waals surface area contributed by atoms with Crippen molar-refractivity contribution >= 4 is 22.5 Å². The van der Waals surface area contributed by atoms with Crippen LogP contribution in [0.2, 0.25) is 5.02 Å². The Balaban J connectivity index is 1.41. The van der Waals surface area contributed by atoms with E-state index in [-0.39, 0.29) is 17.1 Å². The molecule has 1 heterocycles. The van der Waals surface area contributed by atoms with Gasteiger partial charge in [-0.3, -0.25) is 9.36 Å². The van der Waals surface area contributed by atoms with Crippen molar-refractivity contribution in [3.8, 4) is 17.1 Å². The number of hydrogen-bond donors (Lipinski definition) is 0. The molecule has 0 saturated carbocycles. The van der Waals surface area contributed by atoms with E-state index >= 15 is 0 Å². The molecule has 1 aromatic heterocycles. The second-order valence-corrected chi connectivity index (χ2v) is 8.05. The highest BCUT2D eigenvalue weighted by Gasteiger charge is 2.12. The smallest absolute Gasteiger partial charge is 0.261 e. The van der Waals surface area contributed by atoms with E-state index in [0.29, 0.717) is 34.9 Å². The van der Waals surface area contributed by atoms with E-state index in [1.54, 1.807) is 34.9 Å². The lowest BCUT2D eigenvalue weighted by atomic mass is 10.1. The third-order valence-corrected chi connectivity index (χ3v) is 5.59.